The SMILES string of the molecule is CN[C@H]1CN[C@H](C)C1. The van der Waals surface area contributed by atoms with E-state index in [0.29, 0.717) is 12.1 Å². The molecule has 1 aliphatic rings. The van der Waals surface area contributed by atoms with E-state index in [0.717, 1.165) is 6.54 Å². The average Bonchev–Trinajstić information content (AvgIpc) is 2.14. The number of likely N-dealkylation sites (N-methyl/N-ethyl adjacent to an activating group) is 1. The molecule has 8 heavy (non-hydrogen) atoms. The molecule has 0 aromatic carbocycles. The molecule has 2 N–H and O–H groups in total. The van der Waals surface area contributed by atoms with Gasteiger partial charge in [0, 0.05) is 18.6 Å². The van der Waals surface area contributed by atoms with E-state index in [1.807, 2.05) is 7.05 Å². The number of nitrogens with one attached hydrogen (secondary N) is 2. The van der Waals surface area contributed by atoms with E-state index in [1.54, 1.807) is 0 Å². The molecule has 2 atom stereocenters. The highest BCUT2D eigenvalue weighted by atomic mass is 15.0. The first-order valence-electron chi connectivity index (χ1n) is 3.23. The molecule has 1 rings (SSSR count). The Hall–Kier alpha value is -0.0800. The minimum atomic E-state index is 0.713. The van der Waals surface area contributed by atoms with Crippen LogP contribution in [0.4, 0.5) is 0 Å². The van der Waals surface area contributed by atoms with Gasteiger partial charge in [0.2, 0.25) is 0 Å². The van der Waals surface area contributed by atoms with Crippen LogP contribution in [0, 0.1) is 0 Å². The zero-order valence-corrected chi connectivity index (χ0v) is 5.57. The van der Waals surface area contributed by atoms with Gasteiger partial charge in [-0.2, -0.15) is 0 Å². The summed E-state index contributed by atoms with van der Waals surface area (Å²) >= 11 is 0. The predicted molar refractivity (Wildman–Crippen MR) is 34.9 cm³/mol. The number of rotatable bonds is 1. The molecule has 0 aromatic heterocycles. The first kappa shape index (κ1) is 6.05. The molecular weight excluding hydrogens is 100 g/mol. The van der Waals surface area contributed by atoms with Crippen LogP contribution in [0.15, 0.2) is 0 Å². The molecule has 0 bridgehead atoms. The molecule has 0 aromatic rings. The summed E-state index contributed by atoms with van der Waals surface area (Å²) in [6, 6.07) is 1.43. The van der Waals surface area contributed by atoms with Gasteiger partial charge < -0.3 is 10.6 Å². The zero-order valence-electron chi connectivity index (χ0n) is 5.57. The molecule has 1 heterocycles. The summed E-state index contributed by atoms with van der Waals surface area (Å²) in [5, 5.41) is 6.59. The zero-order chi connectivity index (χ0) is 5.98. The molecule has 1 aliphatic heterocycles. The van der Waals surface area contributed by atoms with Crippen molar-refractivity contribution in [1.82, 2.24) is 10.6 Å². The quantitative estimate of drug-likeness (QED) is 0.499. The van der Waals surface area contributed by atoms with Crippen molar-refractivity contribution in [3.05, 3.63) is 0 Å². The van der Waals surface area contributed by atoms with Gasteiger partial charge in [-0.3, -0.25) is 0 Å². The second-order valence-corrected chi connectivity index (χ2v) is 2.53. The molecule has 1 fully saturated rings. The van der Waals surface area contributed by atoms with Crippen molar-refractivity contribution in [3.8, 4) is 0 Å². The Balaban J connectivity index is 2.22. The molecule has 0 unspecified atom stereocenters. The van der Waals surface area contributed by atoms with Crippen molar-refractivity contribution in [3.63, 3.8) is 0 Å². The molecule has 2 heteroatoms. The minimum absolute atomic E-state index is 0.713. The Bertz CT molecular complexity index is 72.9. The molecule has 0 saturated carbocycles. The first-order valence-corrected chi connectivity index (χ1v) is 3.23. The highest BCUT2D eigenvalue weighted by Crippen LogP contribution is 2.03. The monoisotopic (exact) mass is 114 g/mol. The van der Waals surface area contributed by atoms with Crippen LogP contribution in [0.1, 0.15) is 13.3 Å². The van der Waals surface area contributed by atoms with E-state index < -0.39 is 0 Å². The summed E-state index contributed by atoms with van der Waals surface area (Å²) in [5.74, 6) is 0. The van der Waals surface area contributed by atoms with Crippen molar-refractivity contribution in [2.75, 3.05) is 13.6 Å². The fraction of sp³-hybridized carbons (Fsp3) is 1.00. The minimum Gasteiger partial charge on any atom is -0.316 e. The van der Waals surface area contributed by atoms with E-state index in [2.05, 4.69) is 17.6 Å². The smallest absolute Gasteiger partial charge is 0.0204 e. The van der Waals surface area contributed by atoms with E-state index in [-0.39, 0.29) is 0 Å². The van der Waals surface area contributed by atoms with Crippen LogP contribution in [0.2, 0.25) is 0 Å². The van der Waals surface area contributed by atoms with E-state index in [9.17, 15) is 0 Å². The van der Waals surface area contributed by atoms with Crippen molar-refractivity contribution in [2.24, 2.45) is 0 Å². The molecule has 0 amide bonds. The maximum absolute atomic E-state index is 3.36. The number of hydrogen-bond acceptors (Lipinski definition) is 2. The Morgan fingerprint density at radius 1 is 1.62 bits per heavy atom. The molecule has 48 valence electrons. The normalized spacial score (nSPS) is 38.2. The molecule has 1 saturated heterocycles. The first-order chi connectivity index (χ1) is 3.83. The van der Waals surface area contributed by atoms with E-state index in [4.69, 9.17) is 0 Å². The van der Waals surface area contributed by atoms with Gasteiger partial charge in [-0.05, 0) is 20.4 Å². The van der Waals surface area contributed by atoms with Gasteiger partial charge in [-0.1, -0.05) is 0 Å². The lowest BCUT2D eigenvalue weighted by atomic mass is 10.2. The van der Waals surface area contributed by atoms with Crippen molar-refractivity contribution in [2.45, 2.75) is 25.4 Å². The van der Waals surface area contributed by atoms with Crippen molar-refractivity contribution in [1.29, 1.82) is 0 Å². The molecule has 2 nitrogen and oxygen atoms in total. The number of hydrogen-bond donors (Lipinski definition) is 2. The molecule has 0 aliphatic carbocycles. The Kier molecular flexibility index (Phi) is 1.86. The van der Waals surface area contributed by atoms with Crippen LogP contribution >= 0.6 is 0 Å². The summed E-state index contributed by atoms with van der Waals surface area (Å²) in [5.41, 5.74) is 0. The standard InChI is InChI=1S/C6H14N2/c1-5-3-6(7-2)4-8-5/h5-8H,3-4H2,1-2H3/t5-,6-/m1/s1. The Labute approximate surface area is 50.7 Å². The van der Waals surface area contributed by atoms with Crippen LogP contribution in [0.5, 0.6) is 0 Å². The van der Waals surface area contributed by atoms with Crippen LogP contribution < -0.4 is 10.6 Å². The summed E-state index contributed by atoms with van der Waals surface area (Å²) in [4.78, 5) is 0. The van der Waals surface area contributed by atoms with E-state index >= 15 is 0 Å². The summed E-state index contributed by atoms with van der Waals surface area (Å²) in [6.07, 6.45) is 1.27. The maximum Gasteiger partial charge on any atom is 0.0204 e. The molecule has 0 spiro atoms. The lowest BCUT2D eigenvalue weighted by Gasteiger charge is -2.03. The van der Waals surface area contributed by atoms with Crippen LogP contribution in [-0.4, -0.2) is 25.7 Å². The highest BCUT2D eigenvalue weighted by Gasteiger charge is 2.17. The Morgan fingerprint density at radius 3 is 2.62 bits per heavy atom. The summed E-state index contributed by atoms with van der Waals surface area (Å²) in [7, 11) is 2.02. The second-order valence-electron chi connectivity index (χ2n) is 2.53. The van der Waals surface area contributed by atoms with Gasteiger partial charge in [0.05, 0.1) is 0 Å². The van der Waals surface area contributed by atoms with Crippen LogP contribution in [0.25, 0.3) is 0 Å². The fourth-order valence-electron chi connectivity index (χ4n) is 1.16. The fourth-order valence-corrected chi connectivity index (χ4v) is 1.16. The molecule has 0 radical (unpaired) electrons. The maximum atomic E-state index is 3.36. The Morgan fingerprint density at radius 2 is 2.38 bits per heavy atom. The van der Waals surface area contributed by atoms with Gasteiger partial charge in [0.1, 0.15) is 0 Å². The van der Waals surface area contributed by atoms with Crippen LogP contribution in [-0.2, 0) is 0 Å². The second kappa shape index (κ2) is 2.46. The predicted octanol–water partition coefficient (Wildman–Crippen LogP) is -0.0438. The third kappa shape index (κ3) is 1.20. The third-order valence-corrected chi connectivity index (χ3v) is 1.76. The average molecular weight is 114 g/mol. The highest BCUT2D eigenvalue weighted by molar-refractivity contribution is 4.81. The molecular formula is C6H14N2. The van der Waals surface area contributed by atoms with Gasteiger partial charge >= 0.3 is 0 Å². The lowest BCUT2D eigenvalue weighted by Crippen LogP contribution is -2.26. The van der Waals surface area contributed by atoms with Gasteiger partial charge in [-0.15, -0.1) is 0 Å². The van der Waals surface area contributed by atoms with Gasteiger partial charge in [0.15, 0.2) is 0 Å². The topological polar surface area (TPSA) is 24.1 Å². The third-order valence-electron chi connectivity index (χ3n) is 1.76. The largest absolute Gasteiger partial charge is 0.316 e. The van der Waals surface area contributed by atoms with E-state index in [1.165, 1.54) is 6.42 Å². The van der Waals surface area contributed by atoms with Crippen molar-refractivity contribution >= 4 is 0 Å². The lowest BCUT2D eigenvalue weighted by molar-refractivity contribution is 0.595. The van der Waals surface area contributed by atoms with Gasteiger partial charge in [0.25, 0.3) is 0 Å². The van der Waals surface area contributed by atoms with Crippen LogP contribution in [0.3, 0.4) is 0 Å². The van der Waals surface area contributed by atoms with Crippen molar-refractivity contribution < 1.29 is 0 Å². The summed E-state index contributed by atoms with van der Waals surface area (Å²) < 4.78 is 0. The van der Waals surface area contributed by atoms with Gasteiger partial charge in [-0.25, -0.2) is 0 Å². The summed E-state index contributed by atoms with van der Waals surface area (Å²) in [6.45, 7) is 3.36.